The van der Waals surface area contributed by atoms with Crippen molar-refractivity contribution in [2.75, 3.05) is 18.1 Å². The number of rotatable bonds is 1. The van der Waals surface area contributed by atoms with Gasteiger partial charge in [-0.2, -0.15) is 9.89 Å². The van der Waals surface area contributed by atoms with Gasteiger partial charge in [0.2, 0.25) is 0 Å². The highest BCUT2D eigenvalue weighted by Crippen LogP contribution is 2.22. The number of aromatic nitrogens is 3. The molecule has 1 aromatic carbocycles. The van der Waals surface area contributed by atoms with E-state index in [9.17, 15) is 0 Å². The van der Waals surface area contributed by atoms with Crippen LogP contribution in [0.1, 0.15) is 19.3 Å². The van der Waals surface area contributed by atoms with Crippen molar-refractivity contribution in [3.8, 4) is 0 Å². The fourth-order valence-electron chi connectivity index (χ4n) is 2.85. The molecule has 2 aromatic heterocycles. The van der Waals surface area contributed by atoms with Crippen LogP contribution in [-0.2, 0) is 0 Å². The van der Waals surface area contributed by atoms with E-state index in [4.69, 9.17) is 0 Å². The van der Waals surface area contributed by atoms with Crippen molar-refractivity contribution in [2.45, 2.75) is 19.3 Å². The van der Waals surface area contributed by atoms with Gasteiger partial charge in [0.1, 0.15) is 0 Å². The van der Waals surface area contributed by atoms with E-state index in [0.717, 1.165) is 29.5 Å². The molecule has 96 valence electrons. The molecule has 3 heterocycles. The zero-order chi connectivity index (χ0) is 12.7. The van der Waals surface area contributed by atoms with Crippen molar-refractivity contribution >= 4 is 21.8 Å². The predicted octanol–water partition coefficient (Wildman–Crippen LogP) is 2.71. The minimum atomic E-state index is 1.02. The van der Waals surface area contributed by atoms with E-state index in [0.29, 0.717) is 0 Å². The van der Waals surface area contributed by atoms with Gasteiger partial charge in [0, 0.05) is 30.1 Å². The lowest BCUT2D eigenvalue weighted by molar-refractivity contribution is 0.451. The summed E-state index contributed by atoms with van der Waals surface area (Å²) >= 11 is 0. The summed E-state index contributed by atoms with van der Waals surface area (Å²) in [5.41, 5.74) is 2.07. The molecule has 1 fully saturated rings. The van der Waals surface area contributed by atoms with Gasteiger partial charge in [-0.1, -0.05) is 12.1 Å². The van der Waals surface area contributed by atoms with E-state index in [-0.39, 0.29) is 0 Å². The fraction of sp³-hybridized carbons (Fsp3) is 0.333. The zero-order valence-corrected chi connectivity index (χ0v) is 10.8. The van der Waals surface area contributed by atoms with Crippen molar-refractivity contribution in [3.05, 3.63) is 36.7 Å². The van der Waals surface area contributed by atoms with Gasteiger partial charge in [0.25, 0.3) is 0 Å². The molecule has 1 aliphatic rings. The van der Waals surface area contributed by atoms with Crippen molar-refractivity contribution in [2.24, 2.45) is 0 Å². The number of hydrogen-bond acceptors (Lipinski definition) is 3. The van der Waals surface area contributed by atoms with E-state index in [2.05, 4.69) is 39.5 Å². The Balaban J connectivity index is 1.88. The summed E-state index contributed by atoms with van der Waals surface area (Å²) in [7, 11) is 0. The van der Waals surface area contributed by atoms with Gasteiger partial charge in [-0.05, 0) is 31.4 Å². The van der Waals surface area contributed by atoms with Gasteiger partial charge in [-0.15, -0.1) is 0 Å². The van der Waals surface area contributed by atoms with Crippen LogP contribution in [0.25, 0.3) is 21.8 Å². The average Bonchev–Trinajstić information content (AvgIpc) is 2.93. The first kappa shape index (κ1) is 10.8. The Bertz CT molecular complexity index is 725. The van der Waals surface area contributed by atoms with E-state index < -0.39 is 0 Å². The fourth-order valence-corrected chi connectivity index (χ4v) is 2.85. The van der Waals surface area contributed by atoms with Gasteiger partial charge >= 0.3 is 0 Å². The Kier molecular flexibility index (Phi) is 2.40. The molecule has 4 rings (SSSR count). The van der Waals surface area contributed by atoms with Gasteiger partial charge < -0.3 is 0 Å². The molecule has 1 aliphatic heterocycles. The van der Waals surface area contributed by atoms with Crippen LogP contribution in [0.3, 0.4) is 0 Å². The smallest absolute Gasteiger partial charge is 0.0966 e. The zero-order valence-electron chi connectivity index (χ0n) is 10.8. The Morgan fingerprint density at radius 2 is 1.89 bits per heavy atom. The summed E-state index contributed by atoms with van der Waals surface area (Å²) in [4.78, 5) is 6.51. The number of fused-ring (bicyclic) bond motifs is 3. The van der Waals surface area contributed by atoms with Crippen LogP contribution in [0.15, 0.2) is 36.7 Å². The number of benzene rings is 1. The van der Waals surface area contributed by atoms with Crippen molar-refractivity contribution in [3.63, 3.8) is 0 Å². The van der Waals surface area contributed by atoms with Crippen LogP contribution in [0.2, 0.25) is 0 Å². The third-order valence-corrected chi connectivity index (χ3v) is 3.87. The Morgan fingerprint density at radius 3 is 2.79 bits per heavy atom. The average molecular weight is 252 g/mol. The molecule has 0 amide bonds. The third kappa shape index (κ3) is 1.75. The molecule has 0 radical (unpaired) electrons. The Morgan fingerprint density at radius 1 is 1.00 bits per heavy atom. The lowest BCUT2D eigenvalue weighted by atomic mass is 10.1. The summed E-state index contributed by atoms with van der Waals surface area (Å²) in [6, 6.07) is 8.25. The molecule has 0 aliphatic carbocycles. The predicted molar refractivity (Wildman–Crippen MR) is 76.8 cm³/mol. The molecule has 0 unspecified atom stereocenters. The molecule has 4 heteroatoms. The molecule has 0 atom stereocenters. The molecule has 19 heavy (non-hydrogen) atoms. The normalized spacial score (nSPS) is 16.3. The highest BCUT2D eigenvalue weighted by molar-refractivity contribution is 6.03. The monoisotopic (exact) mass is 252 g/mol. The second-order valence-electron chi connectivity index (χ2n) is 5.14. The van der Waals surface area contributed by atoms with E-state index in [1.54, 1.807) is 0 Å². The standard InChI is InChI=1S/C15H16N4/c1-2-9-18(10-3-1)19-11-13-14(17-19)7-6-12-5-4-8-16-15(12)13/h4-8,11H,1-3,9-10H2. The van der Waals surface area contributed by atoms with Crippen LogP contribution in [0.5, 0.6) is 0 Å². The molecule has 3 aromatic rings. The Hall–Kier alpha value is -2.10. The van der Waals surface area contributed by atoms with Crippen molar-refractivity contribution in [1.82, 2.24) is 14.9 Å². The molecule has 0 N–H and O–H groups in total. The first-order valence-corrected chi connectivity index (χ1v) is 6.90. The van der Waals surface area contributed by atoms with Crippen molar-refractivity contribution < 1.29 is 0 Å². The number of pyridine rings is 1. The third-order valence-electron chi connectivity index (χ3n) is 3.87. The van der Waals surface area contributed by atoms with Crippen LogP contribution in [0, 0.1) is 0 Å². The molecular formula is C15H16N4. The van der Waals surface area contributed by atoms with Gasteiger partial charge in [0.05, 0.1) is 17.2 Å². The molecule has 1 saturated heterocycles. The lowest BCUT2D eigenvalue weighted by Gasteiger charge is -2.27. The molecule has 0 bridgehead atoms. The highest BCUT2D eigenvalue weighted by Gasteiger charge is 2.13. The maximum absolute atomic E-state index is 4.69. The second kappa shape index (κ2) is 4.23. The Labute approximate surface area is 111 Å². The van der Waals surface area contributed by atoms with Crippen molar-refractivity contribution in [1.29, 1.82) is 0 Å². The van der Waals surface area contributed by atoms with Crippen LogP contribution in [-0.4, -0.2) is 28.0 Å². The quantitative estimate of drug-likeness (QED) is 0.667. The summed E-state index contributed by atoms with van der Waals surface area (Å²) in [6.45, 7) is 2.19. The maximum atomic E-state index is 4.69. The summed E-state index contributed by atoms with van der Waals surface area (Å²) in [5, 5.41) is 9.32. The van der Waals surface area contributed by atoms with Crippen LogP contribution in [0.4, 0.5) is 0 Å². The lowest BCUT2D eigenvalue weighted by Crippen LogP contribution is -2.39. The van der Waals surface area contributed by atoms with Gasteiger partial charge in [-0.3, -0.25) is 9.99 Å². The highest BCUT2D eigenvalue weighted by atomic mass is 15.6. The second-order valence-corrected chi connectivity index (χ2v) is 5.14. The van der Waals surface area contributed by atoms with E-state index >= 15 is 0 Å². The van der Waals surface area contributed by atoms with Gasteiger partial charge in [0.15, 0.2) is 0 Å². The summed E-state index contributed by atoms with van der Waals surface area (Å²) in [5.74, 6) is 0. The summed E-state index contributed by atoms with van der Waals surface area (Å²) < 4.78 is 0. The molecule has 0 spiro atoms. The molecular weight excluding hydrogens is 236 g/mol. The number of hydrogen-bond donors (Lipinski definition) is 0. The van der Waals surface area contributed by atoms with E-state index in [1.807, 2.05) is 17.1 Å². The molecule has 0 saturated carbocycles. The first-order chi connectivity index (χ1) is 9.42. The topological polar surface area (TPSA) is 34.0 Å². The summed E-state index contributed by atoms with van der Waals surface area (Å²) in [6.07, 6.45) is 7.82. The minimum Gasteiger partial charge on any atom is -0.297 e. The minimum absolute atomic E-state index is 1.02. The first-order valence-electron chi connectivity index (χ1n) is 6.90. The number of nitrogens with zero attached hydrogens (tertiary/aromatic N) is 4. The maximum Gasteiger partial charge on any atom is 0.0966 e. The van der Waals surface area contributed by atoms with Crippen LogP contribution < -0.4 is 5.01 Å². The van der Waals surface area contributed by atoms with E-state index in [1.165, 1.54) is 24.6 Å². The molecule has 4 nitrogen and oxygen atoms in total. The SMILES string of the molecule is c1cnc2c(c1)ccc1nn(N3CCCCC3)cc12. The number of piperidine rings is 1. The largest absolute Gasteiger partial charge is 0.297 e. The van der Waals surface area contributed by atoms with Crippen LogP contribution >= 0.6 is 0 Å². The van der Waals surface area contributed by atoms with Gasteiger partial charge in [-0.25, -0.2) is 0 Å².